The van der Waals surface area contributed by atoms with Crippen LogP contribution in [0.5, 0.6) is 0 Å². The highest BCUT2D eigenvalue weighted by molar-refractivity contribution is 5.89. The number of carbonyl (C=O) groups is 4. The fraction of sp³-hybridized carbons (Fsp3) is 0.588. The van der Waals surface area contributed by atoms with E-state index in [9.17, 15) is 19.2 Å². The minimum absolute atomic E-state index is 0. The lowest BCUT2D eigenvalue weighted by Gasteiger charge is -2.15. The lowest BCUT2D eigenvalue weighted by Crippen LogP contribution is -2.26. The molecule has 0 aromatic carbocycles. The van der Waals surface area contributed by atoms with Crippen molar-refractivity contribution in [2.24, 2.45) is 0 Å². The van der Waals surface area contributed by atoms with Crippen molar-refractivity contribution in [1.82, 2.24) is 10.2 Å². The third kappa shape index (κ3) is 44.6. The van der Waals surface area contributed by atoms with E-state index >= 15 is 0 Å². The highest BCUT2D eigenvalue weighted by Gasteiger charge is 2.06. The maximum Gasteiger partial charge on any atom is 0.385 e. The number of esters is 2. The summed E-state index contributed by atoms with van der Waals surface area (Å²) < 4.78 is 9.62. The molecule has 0 saturated heterocycles. The van der Waals surface area contributed by atoms with E-state index < -0.39 is 11.9 Å². The Kier molecular flexibility index (Phi) is 40.8. The van der Waals surface area contributed by atoms with Gasteiger partial charge in [-0.2, -0.15) is 0 Å². The van der Waals surface area contributed by atoms with Gasteiger partial charge in [-0.05, 0) is 119 Å². The molecule has 0 saturated carbocycles. The lowest BCUT2D eigenvalue weighted by molar-refractivity contribution is -0.141. The van der Waals surface area contributed by atoms with Crippen molar-refractivity contribution in [1.29, 1.82) is 0 Å². The number of amides is 1. The smallest absolute Gasteiger partial charge is 0.385 e. The number of nitrogens with zero attached hydrogens (tertiary/aromatic N) is 1. The van der Waals surface area contributed by atoms with E-state index in [1.807, 2.05) is 21.0 Å². The van der Waals surface area contributed by atoms with Gasteiger partial charge in [-0.3, -0.25) is 14.4 Å². The average Bonchev–Trinajstić information content (AvgIpc) is 2.96. The van der Waals surface area contributed by atoms with Gasteiger partial charge in [0.1, 0.15) is 0 Å². The Morgan fingerprint density at radius 2 is 1.30 bits per heavy atom. The number of carbonyl (C=O) groups excluding carboxylic acids is 3. The molecule has 10 heteroatoms. The minimum atomic E-state index is -0.775. The van der Waals surface area contributed by atoms with Gasteiger partial charge in [-0.25, -0.2) is 4.79 Å². The zero-order valence-corrected chi connectivity index (χ0v) is 27.2. The topological polar surface area (TPSA) is 154 Å². The number of unbranched alkanes of at least 4 members (excludes halogenated alkanes) is 4. The van der Waals surface area contributed by atoms with E-state index in [1.165, 1.54) is 13.3 Å². The minimum Gasteiger partial charge on any atom is -0.481 e. The molecule has 0 bridgehead atoms. The Morgan fingerprint density at radius 1 is 0.773 bits per heavy atom. The molecule has 10 nitrogen and oxygen atoms in total. The normalized spacial score (nSPS) is 8.05. The van der Waals surface area contributed by atoms with Gasteiger partial charge in [-0.15, -0.1) is 0 Å². The van der Waals surface area contributed by atoms with E-state index in [2.05, 4.69) is 76.2 Å². The molecule has 0 spiro atoms. The molecular formula is C34H72N2O8. The molecule has 0 aromatic heterocycles. The first-order valence-electron chi connectivity index (χ1n) is 14.5. The molecule has 0 aromatic rings. The number of rotatable bonds is 16. The Bertz CT molecular complexity index is 1130. The van der Waals surface area contributed by atoms with E-state index in [0.717, 1.165) is 45.2 Å². The van der Waals surface area contributed by atoms with Gasteiger partial charge in [-0.1, -0.05) is 19.8 Å². The van der Waals surface area contributed by atoms with Crippen LogP contribution in [0.15, 0.2) is 0 Å². The van der Waals surface area contributed by atoms with Gasteiger partial charge in [0.05, 0.1) is 13.2 Å². The second-order valence-electron chi connectivity index (χ2n) is 8.78. The number of hydrogen-bond acceptors (Lipinski definition) is 7. The van der Waals surface area contributed by atoms with Crippen LogP contribution < -0.4 is 5.32 Å². The van der Waals surface area contributed by atoms with Crippen molar-refractivity contribution in [3.05, 3.63) is 0 Å². The van der Waals surface area contributed by atoms with Gasteiger partial charge < -0.3 is 30.3 Å². The summed E-state index contributed by atoms with van der Waals surface area (Å²) in [6, 6.07) is 0. The van der Waals surface area contributed by atoms with Gasteiger partial charge >= 0.3 is 17.9 Å². The van der Waals surface area contributed by atoms with E-state index in [-0.39, 0.29) is 46.1 Å². The van der Waals surface area contributed by atoms with Crippen LogP contribution in [0.3, 0.4) is 0 Å². The van der Waals surface area contributed by atoms with Crippen LogP contribution >= 0.6 is 0 Å². The van der Waals surface area contributed by atoms with Crippen molar-refractivity contribution in [3.63, 3.8) is 0 Å². The molecule has 266 valence electrons. The number of hydrogen-bond donors (Lipinski definition) is 2. The molecule has 1 amide bonds. The van der Waals surface area contributed by atoms with Crippen molar-refractivity contribution < 1.29 is 54.9 Å². The molecule has 0 aliphatic heterocycles. The first-order valence-corrected chi connectivity index (χ1v) is 14.5. The predicted molar refractivity (Wildman–Crippen MR) is 196 cm³/mol. The largest absolute Gasteiger partial charge is 0.481 e. The molecule has 0 heterocycles. The second-order valence-corrected chi connectivity index (χ2v) is 8.78. The van der Waals surface area contributed by atoms with Crippen LogP contribution in [-0.4, -0.2) is 79.7 Å². The lowest BCUT2D eigenvalue weighted by atomic mass is 10.2. The first kappa shape index (κ1) is 46.6. The summed E-state index contributed by atoms with van der Waals surface area (Å²) in [5.41, 5.74) is 0. The Morgan fingerprint density at radius 3 is 1.75 bits per heavy atom. The molecular weight excluding hydrogens is 564 g/mol. The molecule has 0 atom stereocenters. The summed E-state index contributed by atoms with van der Waals surface area (Å²) in [5.74, 6) is 23.1. The van der Waals surface area contributed by atoms with Gasteiger partial charge in [0.15, 0.2) is 0 Å². The Hall–Kier alpha value is -4.40. The van der Waals surface area contributed by atoms with Gasteiger partial charge in [0.2, 0.25) is 5.91 Å². The van der Waals surface area contributed by atoms with E-state index in [1.54, 1.807) is 11.8 Å². The summed E-state index contributed by atoms with van der Waals surface area (Å²) in [5, 5.41) is 11.3. The highest BCUT2D eigenvalue weighted by Crippen LogP contribution is 2.03. The predicted octanol–water partition coefficient (Wildman–Crippen LogP) is 5.69. The number of ether oxygens (including phenoxy) is 2. The molecule has 0 aliphatic rings. The number of aliphatic carboxylic acids is 1. The summed E-state index contributed by atoms with van der Waals surface area (Å²) in [7, 11) is 3.78. The molecule has 0 rings (SSSR count). The zero-order valence-electron chi connectivity index (χ0n) is 27.2. The van der Waals surface area contributed by atoms with Crippen LogP contribution in [0.4, 0.5) is 0 Å². The second kappa shape index (κ2) is 38.6. The van der Waals surface area contributed by atoms with Crippen LogP contribution in [0.1, 0.15) is 108 Å². The van der Waals surface area contributed by atoms with Gasteiger partial charge in [0.25, 0.3) is 0 Å². The number of carboxylic acids is 1. The molecule has 0 unspecified atom stereocenters. The van der Waals surface area contributed by atoms with Crippen molar-refractivity contribution >= 4 is 23.8 Å². The molecule has 0 aliphatic carbocycles. The fourth-order valence-corrected chi connectivity index (χ4v) is 2.76. The number of carboxylic acid groups (broad SMARTS) is 1. The van der Waals surface area contributed by atoms with Crippen molar-refractivity contribution in [2.75, 3.05) is 40.4 Å². The average molecular weight is 637 g/mol. The molecule has 44 heavy (non-hydrogen) atoms. The van der Waals surface area contributed by atoms with Gasteiger partial charge in [0, 0.05) is 55.0 Å². The monoisotopic (exact) mass is 637 g/mol. The summed E-state index contributed by atoms with van der Waals surface area (Å²) in [4.78, 5) is 45.1. The Balaban J connectivity index is -0.0000000369. The quantitative estimate of drug-likeness (QED) is 0.0948. The van der Waals surface area contributed by atoms with E-state index in [4.69, 9.17) is 9.84 Å². The first-order chi connectivity index (χ1) is 20.7. The standard InChI is InChI=1S/C22H23NO3.C8H14O4.C4H11N.H2O.11H2/c1-4-6-7-8-9-10-11-12-15-18-22(25)26-20-16-13-14-17-21(24)23(3)19-5-2;1-7(9)12-6-4-2-3-5-8(10)11;1-3-4-5-2;;;;;;;;;;;;/h5,13-14,16-17,19-20H2,1-3H3;2-6H2,1H3,(H,10,11);5H,3-4H2,1-2H3;1H2;11*1H. The van der Waals surface area contributed by atoms with Crippen LogP contribution in [0.25, 0.3) is 0 Å². The summed E-state index contributed by atoms with van der Waals surface area (Å²) in [6.45, 7) is 9.84. The highest BCUT2D eigenvalue weighted by atomic mass is 16.5. The van der Waals surface area contributed by atoms with Crippen LogP contribution in [0, 0.1) is 59.2 Å². The third-order valence-corrected chi connectivity index (χ3v) is 4.82. The summed E-state index contributed by atoms with van der Waals surface area (Å²) in [6.07, 6.45) is 7.40. The number of nitrogens with one attached hydrogen (secondary N) is 1. The van der Waals surface area contributed by atoms with Crippen LogP contribution in [0.2, 0.25) is 0 Å². The van der Waals surface area contributed by atoms with Crippen molar-refractivity contribution in [3.8, 4) is 59.2 Å². The maximum absolute atomic E-state index is 11.7. The molecule has 0 fully saturated rings. The Labute approximate surface area is 281 Å². The SMILES string of the molecule is CC#CC#CC#CC#CC#CC(=O)OCCCCCC(=O)N(C)CCC.CC(=O)OCCCCCC(=O)O.CCCNC.O.[HH].[HH].[HH].[HH].[HH].[HH].[HH].[HH].[HH].[HH].[HH]. The molecule has 4 N–H and O–H groups in total. The zero-order chi connectivity index (χ0) is 33.0. The third-order valence-electron chi connectivity index (χ3n) is 4.82. The summed E-state index contributed by atoms with van der Waals surface area (Å²) >= 11 is 0. The fourth-order valence-electron chi connectivity index (χ4n) is 2.76. The van der Waals surface area contributed by atoms with E-state index in [0.29, 0.717) is 25.9 Å². The van der Waals surface area contributed by atoms with Crippen molar-refractivity contribution in [2.45, 2.75) is 91.9 Å². The van der Waals surface area contributed by atoms with Crippen LogP contribution in [-0.2, 0) is 28.7 Å². The maximum atomic E-state index is 11.7. The molecule has 0 radical (unpaired) electrons.